The second kappa shape index (κ2) is 7.87. The summed E-state index contributed by atoms with van der Waals surface area (Å²) >= 11 is 0. The van der Waals surface area contributed by atoms with Crippen LogP contribution in [0, 0.1) is 0 Å². The highest BCUT2D eigenvalue weighted by Gasteiger charge is 2.34. The first kappa shape index (κ1) is 17.7. The molecule has 1 fully saturated rings. The van der Waals surface area contributed by atoms with Crippen molar-refractivity contribution in [1.29, 1.82) is 0 Å². The lowest BCUT2D eigenvalue weighted by atomic mass is 9.94. The van der Waals surface area contributed by atoms with Crippen molar-refractivity contribution in [3.63, 3.8) is 0 Å². The molecule has 0 saturated heterocycles. The minimum atomic E-state index is -0.677. The van der Waals surface area contributed by atoms with Crippen LogP contribution in [0.2, 0.25) is 0 Å². The number of nitrogens with one attached hydrogen (secondary N) is 1. The van der Waals surface area contributed by atoms with Gasteiger partial charge in [-0.1, -0.05) is 31.4 Å². The predicted molar refractivity (Wildman–Crippen MR) is 96.8 cm³/mol. The van der Waals surface area contributed by atoms with E-state index in [1.165, 1.54) is 19.3 Å². The van der Waals surface area contributed by atoms with Crippen molar-refractivity contribution in [2.45, 2.75) is 44.2 Å². The summed E-state index contributed by atoms with van der Waals surface area (Å²) in [4.78, 5) is 28.9. The quantitative estimate of drug-likeness (QED) is 0.904. The molecule has 6 heteroatoms. The van der Waals surface area contributed by atoms with Crippen LogP contribution in [0.3, 0.4) is 0 Å². The first-order valence-corrected chi connectivity index (χ1v) is 9.08. The molecule has 1 aliphatic heterocycles. The van der Waals surface area contributed by atoms with Crippen molar-refractivity contribution in [3.8, 4) is 5.75 Å². The van der Waals surface area contributed by atoms with Crippen LogP contribution in [-0.2, 0) is 9.59 Å². The molecule has 1 aliphatic carbocycles. The van der Waals surface area contributed by atoms with Crippen molar-refractivity contribution in [2.24, 2.45) is 0 Å². The zero-order chi connectivity index (χ0) is 17.8. The molecule has 25 heavy (non-hydrogen) atoms. The lowest BCUT2D eigenvalue weighted by Gasteiger charge is -2.36. The van der Waals surface area contributed by atoms with Gasteiger partial charge in [-0.3, -0.25) is 14.5 Å². The average molecular weight is 345 g/mol. The number of para-hydroxylation sites is 2. The topological polar surface area (TPSA) is 61.9 Å². The second-order valence-electron chi connectivity index (χ2n) is 6.90. The fourth-order valence-corrected chi connectivity index (χ4v) is 3.72. The van der Waals surface area contributed by atoms with Crippen molar-refractivity contribution in [1.82, 2.24) is 10.2 Å². The highest BCUT2D eigenvalue weighted by molar-refractivity contribution is 5.98. The first-order chi connectivity index (χ1) is 12.1. The molecule has 0 bridgehead atoms. The Hall–Kier alpha value is -2.08. The van der Waals surface area contributed by atoms with Gasteiger partial charge in [-0.25, -0.2) is 0 Å². The first-order valence-electron chi connectivity index (χ1n) is 9.08. The van der Waals surface area contributed by atoms with E-state index in [1.54, 1.807) is 18.0 Å². The Morgan fingerprint density at radius 3 is 2.68 bits per heavy atom. The van der Waals surface area contributed by atoms with Crippen molar-refractivity contribution in [2.75, 3.05) is 32.1 Å². The smallest absolute Gasteiger partial charge is 0.262 e. The number of carbonyl (C=O) groups is 2. The van der Waals surface area contributed by atoms with Crippen LogP contribution in [0.5, 0.6) is 5.75 Å². The minimum Gasteiger partial charge on any atom is -0.477 e. The number of amides is 2. The van der Waals surface area contributed by atoms with Gasteiger partial charge in [-0.15, -0.1) is 0 Å². The summed E-state index contributed by atoms with van der Waals surface area (Å²) in [7, 11) is 3.60. The molecule has 1 heterocycles. The Kier molecular flexibility index (Phi) is 5.58. The number of carbonyl (C=O) groups excluding carboxylic acids is 2. The summed E-state index contributed by atoms with van der Waals surface area (Å²) in [6, 6.07) is 7.88. The number of hydrogen-bond acceptors (Lipinski definition) is 4. The SMILES string of the molecule is CNC(=O)C1CN(C(=O)CN(C)C2CCCCC2)c2ccccc2O1. The van der Waals surface area contributed by atoms with Crippen molar-refractivity contribution < 1.29 is 14.3 Å². The summed E-state index contributed by atoms with van der Waals surface area (Å²) in [5, 5.41) is 2.61. The van der Waals surface area contributed by atoms with Gasteiger partial charge in [0.2, 0.25) is 5.91 Å². The largest absolute Gasteiger partial charge is 0.477 e. The van der Waals surface area contributed by atoms with Gasteiger partial charge in [0.15, 0.2) is 6.10 Å². The van der Waals surface area contributed by atoms with Crippen LogP contribution < -0.4 is 15.0 Å². The van der Waals surface area contributed by atoms with Gasteiger partial charge < -0.3 is 15.0 Å². The monoisotopic (exact) mass is 345 g/mol. The number of anilines is 1. The lowest BCUT2D eigenvalue weighted by Crippen LogP contribution is -2.52. The minimum absolute atomic E-state index is 0.0118. The predicted octanol–water partition coefficient (Wildman–Crippen LogP) is 1.79. The molecule has 1 N–H and O–H groups in total. The summed E-state index contributed by atoms with van der Waals surface area (Å²) < 4.78 is 5.77. The molecule has 0 spiro atoms. The summed E-state index contributed by atoms with van der Waals surface area (Å²) in [6.07, 6.45) is 5.41. The third kappa shape index (κ3) is 3.95. The fraction of sp³-hybridized carbons (Fsp3) is 0.579. The molecule has 2 aliphatic rings. The fourth-order valence-electron chi connectivity index (χ4n) is 3.72. The van der Waals surface area contributed by atoms with Crippen LogP contribution >= 0.6 is 0 Å². The van der Waals surface area contributed by atoms with E-state index < -0.39 is 6.10 Å². The van der Waals surface area contributed by atoms with Crippen LogP contribution in [0.25, 0.3) is 0 Å². The van der Waals surface area contributed by atoms with Crippen molar-refractivity contribution in [3.05, 3.63) is 24.3 Å². The number of benzene rings is 1. The normalized spacial score (nSPS) is 20.8. The van der Waals surface area contributed by atoms with Gasteiger partial charge in [-0.2, -0.15) is 0 Å². The second-order valence-corrected chi connectivity index (χ2v) is 6.90. The number of fused-ring (bicyclic) bond motifs is 1. The highest BCUT2D eigenvalue weighted by atomic mass is 16.5. The standard InChI is InChI=1S/C19H27N3O3/c1-20-19(24)17-12-22(15-10-6-7-11-16(15)25-17)18(23)13-21(2)14-8-4-3-5-9-14/h6-7,10-11,14,17H,3-5,8-9,12-13H2,1-2H3,(H,20,24). The molecular weight excluding hydrogens is 318 g/mol. The summed E-state index contributed by atoms with van der Waals surface area (Å²) in [5.74, 6) is 0.377. The Morgan fingerprint density at radius 2 is 1.96 bits per heavy atom. The molecule has 1 unspecified atom stereocenters. The number of rotatable bonds is 4. The number of hydrogen-bond donors (Lipinski definition) is 1. The van der Waals surface area contributed by atoms with Crippen molar-refractivity contribution >= 4 is 17.5 Å². The van der Waals surface area contributed by atoms with E-state index in [2.05, 4.69) is 10.2 Å². The molecular formula is C19H27N3O3. The Morgan fingerprint density at radius 1 is 1.24 bits per heavy atom. The molecule has 1 aromatic rings. The van der Waals surface area contributed by atoms with Gasteiger partial charge >= 0.3 is 0 Å². The Bertz CT molecular complexity index is 628. The van der Waals surface area contributed by atoms with Gasteiger partial charge in [0.25, 0.3) is 5.91 Å². The van der Waals surface area contributed by atoms with E-state index in [9.17, 15) is 9.59 Å². The van der Waals surface area contributed by atoms with E-state index in [0.29, 0.717) is 18.3 Å². The summed E-state index contributed by atoms with van der Waals surface area (Å²) in [5.41, 5.74) is 0.740. The molecule has 1 saturated carbocycles. The van der Waals surface area contributed by atoms with Gasteiger partial charge in [0.1, 0.15) is 5.75 Å². The maximum Gasteiger partial charge on any atom is 0.262 e. The lowest BCUT2D eigenvalue weighted by molar-refractivity contribution is -0.128. The summed E-state index contributed by atoms with van der Waals surface area (Å²) in [6.45, 7) is 0.605. The molecule has 1 atom stereocenters. The number of ether oxygens (including phenoxy) is 1. The average Bonchev–Trinajstić information content (AvgIpc) is 2.67. The van der Waals surface area contributed by atoms with Gasteiger partial charge in [-0.05, 0) is 32.0 Å². The molecule has 0 radical (unpaired) electrons. The third-order valence-electron chi connectivity index (χ3n) is 5.20. The molecule has 3 rings (SSSR count). The maximum absolute atomic E-state index is 13.0. The van der Waals surface area contributed by atoms with Crippen LogP contribution in [0.1, 0.15) is 32.1 Å². The Labute approximate surface area is 149 Å². The number of likely N-dealkylation sites (N-methyl/N-ethyl adjacent to an activating group) is 2. The Balaban J connectivity index is 1.74. The number of nitrogens with zero attached hydrogens (tertiary/aromatic N) is 2. The van der Waals surface area contributed by atoms with E-state index in [-0.39, 0.29) is 18.4 Å². The molecule has 136 valence electrons. The van der Waals surface area contributed by atoms with Crippen LogP contribution in [0.4, 0.5) is 5.69 Å². The molecule has 6 nitrogen and oxygen atoms in total. The van der Waals surface area contributed by atoms with Crippen LogP contribution in [0.15, 0.2) is 24.3 Å². The van der Waals surface area contributed by atoms with Gasteiger partial charge in [0.05, 0.1) is 18.8 Å². The van der Waals surface area contributed by atoms with E-state index in [0.717, 1.165) is 18.5 Å². The van der Waals surface area contributed by atoms with E-state index >= 15 is 0 Å². The zero-order valence-electron chi connectivity index (χ0n) is 15.0. The zero-order valence-corrected chi connectivity index (χ0v) is 15.0. The maximum atomic E-state index is 13.0. The molecule has 2 amide bonds. The van der Waals surface area contributed by atoms with E-state index in [4.69, 9.17) is 4.74 Å². The molecule has 0 aromatic heterocycles. The molecule has 1 aromatic carbocycles. The highest BCUT2D eigenvalue weighted by Crippen LogP contribution is 2.33. The van der Waals surface area contributed by atoms with Gasteiger partial charge in [0, 0.05) is 13.1 Å². The van der Waals surface area contributed by atoms with Crippen LogP contribution in [-0.4, -0.2) is 56.0 Å². The van der Waals surface area contributed by atoms with E-state index in [1.807, 2.05) is 25.2 Å². The third-order valence-corrected chi connectivity index (χ3v) is 5.20.